The highest BCUT2D eigenvalue weighted by atomic mass is 32.1. The Morgan fingerprint density at radius 1 is 1.29 bits per heavy atom. The van der Waals surface area contributed by atoms with Gasteiger partial charge < -0.3 is 5.32 Å². The topological polar surface area (TPSA) is 24.9 Å². The number of aromatic nitrogens is 1. The summed E-state index contributed by atoms with van der Waals surface area (Å²) >= 11 is 1.93. The third-order valence-corrected chi connectivity index (χ3v) is 4.37. The highest BCUT2D eigenvalue weighted by molar-refractivity contribution is 7.11. The maximum absolute atomic E-state index is 4.83. The van der Waals surface area contributed by atoms with Crippen molar-refractivity contribution in [3.63, 3.8) is 0 Å². The van der Waals surface area contributed by atoms with Crippen LogP contribution in [0.1, 0.15) is 46.7 Å². The summed E-state index contributed by atoms with van der Waals surface area (Å²) in [4.78, 5) is 6.30. The molecular formula is C11H16N2S. The lowest BCUT2D eigenvalue weighted by molar-refractivity contribution is 0.749. The van der Waals surface area contributed by atoms with Gasteiger partial charge in [-0.15, -0.1) is 11.3 Å². The molecule has 1 aliphatic carbocycles. The van der Waals surface area contributed by atoms with Crippen LogP contribution in [0.2, 0.25) is 0 Å². The Kier molecular flexibility index (Phi) is 2.10. The van der Waals surface area contributed by atoms with Gasteiger partial charge in [0.1, 0.15) is 0 Å². The zero-order valence-electron chi connectivity index (χ0n) is 8.55. The third kappa shape index (κ3) is 1.48. The molecule has 0 spiro atoms. The van der Waals surface area contributed by atoms with Gasteiger partial charge in [-0.1, -0.05) is 0 Å². The van der Waals surface area contributed by atoms with Crippen molar-refractivity contribution in [2.45, 2.75) is 38.0 Å². The summed E-state index contributed by atoms with van der Waals surface area (Å²) in [7, 11) is 0. The Balaban J connectivity index is 1.87. The molecule has 1 aliphatic heterocycles. The van der Waals surface area contributed by atoms with Crippen LogP contribution in [0.3, 0.4) is 0 Å². The zero-order chi connectivity index (χ0) is 9.54. The maximum atomic E-state index is 4.83. The smallest absolute Gasteiger partial charge is 0.0975 e. The lowest BCUT2D eigenvalue weighted by atomic mass is 10.1. The van der Waals surface area contributed by atoms with Crippen molar-refractivity contribution < 1.29 is 0 Å². The van der Waals surface area contributed by atoms with Gasteiger partial charge in [0.05, 0.1) is 10.7 Å². The largest absolute Gasteiger partial charge is 0.316 e. The number of aryl methyl sites for hydroxylation is 1. The summed E-state index contributed by atoms with van der Waals surface area (Å²) < 4.78 is 0. The van der Waals surface area contributed by atoms with E-state index in [-0.39, 0.29) is 0 Å². The first-order chi connectivity index (χ1) is 6.84. The van der Waals surface area contributed by atoms with E-state index in [1.54, 1.807) is 0 Å². The number of nitrogens with one attached hydrogen (secondary N) is 1. The number of rotatable bonds is 2. The van der Waals surface area contributed by atoms with Crippen molar-refractivity contribution in [3.8, 4) is 0 Å². The molecule has 0 bridgehead atoms. The molecule has 3 rings (SSSR count). The van der Waals surface area contributed by atoms with Crippen molar-refractivity contribution in [1.82, 2.24) is 10.3 Å². The molecule has 1 saturated heterocycles. The molecule has 3 heteroatoms. The van der Waals surface area contributed by atoms with Crippen LogP contribution < -0.4 is 5.32 Å². The lowest BCUT2D eigenvalue weighted by Crippen LogP contribution is -2.07. The number of thiazole rings is 1. The summed E-state index contributed by atoms with van der Waals surface area (Å²) in [5, 5.41) is 4.79. The van der Waals surface area contributed by atoms with Gasteiger partial charge in [-0.3, -0.25) is 0 Å². The second kappa shape index (κ2) is 3.31. The van der Waals surface area contributed by atoms with Gasteiger partial charge in [-0.25, -0.2) is 4.98 Å². The summed E-state index contributed by atoms with van der Waals surface area (Å²) in [5.41, 5.74) is 1.41. The van der Waals surface area contributed by atoms with E-state index in [9.17, 15) is 0 Å². The third-order valence-electron chi connectivity index (χ3n) is 3.22. The molecule has 1 aromatic heterocycles. The molecule has 14 heavy (non-hydrogen) atoms. The Hall–Kier alpha value is -0.410. The van der Waals surface area contributed by atoms with Gasteiger partial charge in [0.15, 0.2) is 0 Å². The van der Waals surface area contributed by atoms with Crippen LogP contribution in [-0.4, -0.2) is 18.1 Å². The minimum absolute atomic E-state index is 0.700. The molecule has 0 aromatic carbocycles. The molecule has 0 amide bonds. The van der Waals surface area contributed by atoms with Gasteiger partial charge in [-0.05, 0) is 32.7 Å². The van der Waals surface area contributed by atoms with Crippen molar-refractivity contribution in [2.75, 3.05) is 13.1 Å². The van der Waals surface area contributed by atoms with Crippen LogP contribution >= 0.6 is 11.3 Å². The van der Waals surface area contributed by atoms with Crippen LogP contribution in [0.25, 0.3) is 0 Å². The normalized spacial score (nSPS) is 27.1. The van der Waals surface area contributed by atoms with Crippen LogP contribution in [0, 0.1) is 6.92 Å². The SMILES string of the molecule is Cc1sc(C2CCNC2)nc1C1CC1. The molecule has 1 atom stereocenters. The number of nitrogens with zero attached hydrogens (tertiary/aromatic N) is 1. The monoisotopic (exact) mass is 208 g/mol. The highest BCUT2D eigenvalue weighted by Gasteiger charge is 2.30. The fraction of sp³-hybridized carbons (Fsp3) is 0.727. The van der Waals surface area contributed by atoms with E-state index in [1.807, 2.05) is 11.3 Å². The van der Waals surface area contributed by atoms with Crippen molar-refractivity contribution in [2.24, 2.45) is 0 Å². The number of hydrogen-bond donors (Lipinski definition) is 1. The highest BCUT2D eigenvalue weighted by Crippen LogP contribution is 2.43. The molecule has 1 saturated carbocycles. The van der Waals surface area contributed by atoms with Gasteiger partial charge in [0.2, 0.25) is 0 Å². The molecule has 2 aliphatic rings. The molecule has 1 N–H and O–H groups in total. The lowest BCUT2D eigenvalue weighted by Gasteiger charge is -2.01. The average molecular weight is 208 g/mol. The minimum Gasteiger partial charge on any atom is -0.316 e. The van der Waals surface area contributed by atoms with Gasteiger partial charge in [0.25, 0.3) is 0 Å². The molecule has 1 unspecified atom stereocenters. The molecule has 0 radical (unpaired) electrons. The van der Waals surface area contributed by atoms with Gasteiger partial charge in [0, 0.05) is 23.3 Å². The van der Waals surface area contributed by atoms with Crippen LogP contribution in [0.4, 0.5) is 0 Å². The summed E-state index contributed by atoms with van der Waals surface area (Å²) in [6.07, 6.45) is 4.01. The van der Waals surface area contributed by atoms with Crippen molar-refractivity contribution in [1.29, 1.82) is 0 Å². The van der Waals surface area contributed by atoms with Crippen molar-refractivity contribution in [3.05, 3.63) is 15.6 Å². The van der Waals surface area contributed by atoms with E-state index in [0.29, 0.717) is 5.92 Å². The standard InChI is InChI=1S/C11H16N2S/c1-7-10(8-2-3-8)13-11(14-7)9-4-5-12-6-9/h8-9,12H,2-6H2,1H3. The molecule has 2 fully saturated rings. The average Bonchev–Trinajstić information content (AvgIpc) is 2.75. The summed E-state index contributed by atoms with van der Waals surface area (Å²) in [6.45, 7) is 4.54. The Labute approximate surface area is 88.7 Å². The first-order valence-corrected chi connectivity index (χ1v) is 6.34. The van der Waals surface area contributed by atoms with E-state index in [0.717, 1.165) is 12.5 Å². The first-order valence-electron chi connectivity index (χ1n) is 5.52. The molecule has 1 aromatic rings. The van der Waals surface area contributed by atoms with E-state index in [1.165, 1.54) is 41.4 Å². The van der Waals surface area contributed by atoms with Crippen molar-refractivity contribution >= 4 is 11.3 Å². The number of hydrogen-bond acceptors (Lipinski definition) is 3. The predicted octanol–water partition coefficient (Wildman–Crippen LogP) is 2.41. The van der Waals surface area contributed by atoms with E-state index < -0.39 is 0 Å². The fourth-order valence-corrected chi connectivity index (χ4v) is 3.35. The van der Waals surface area contributed by atoms with Crippen LogP contribution in [0.15, 0.2) is 0 Å². The molecule has 2 heterocycles. The predicted molar refractivity (Wildman–Crippen MR) is 59.1 cm³/mol. The molecule has 76 valence electrons. The van der Waals surface area contributed by atoms with E-state index in [2.05, 4.69) is 12.2 Å². The summed E-state index contributed by atoms with van der Waals surface area (Å²) in [6, 6.07) is 0. The molecular weight excluding hydrogens is 192 g/mol. The van der Waals surface area contributed by atoms with Crippen LogP contribution in [-0.2, 0) is 0 Å². The van der Waals surface area contributed by atoms with E-state index in [4.69, 9.17) is 4.98 Å². The van der Waals surface area contributed by atoms with Gasteiger partial charge in [-0.2, -0.15) is 0 Å². The Morgan fingerprint density at radius 3 is 2.79 bits per heavy atom. The van der Waals surface area contributed by atoms with Crippen LogP contribution in [0.5, 0.6) is 0 Å². The first kappa shape index (κ1) is 8.86. The van der Waals surface area contributed by atoms with Gasteiger partial charge >= 0.3 is 0 Å². The quantitative estimate of drug-likeness (QED) is 0.807. The second-order valence-corrected chi connectivity index (χ2v) is 5.69. The molecule has 2 nitrogen and oxygen atoms in total. The Morgan fingerprint density at radius 2 is 2.14 bits per heavy atom. The fourth-order valence-electron chi connectivity index (χ4n) is 2.20. The summed E-state index contributed by atoms with van der Waals surface area (Å²) in [5.74, 6) is 1.51. The Bertz CT molecular complexity index is 335. The zero-order valence-corrected chi connectivity index (χ0v) is 9.36. The van der Waals surface area contributed by atoms with E-state index >= 15 is 0 Å². The minimum atomic E-state index is 0.700. The second-order valence-electron chi connectivity index (χ2n) is 4.46. The maximum Gasteiger partial charge on any atom is 0.0975 e.